The summed E-state index contributed by atoms with van der Waals surface area (Å²) in [6.07, 6.45) is 9.59. The van der Waals surface area contributed by atoms with Crippen LogP contribution in [0, 0.1) is 0 Å². The van der Waals surface area contributed by atoms with Crippen LogP contribution in [0.1, 0.15) is 78.1 Å². The van der Waals surface area contributed by atoms with E-state index >= 15 is 0 Å². The van der Waals surface area contributed by atoms with E-state index in [0.717, 1.165) is 12.8 Å². The molecule has 0 aromatic heterocycles. The third-order valence-electron chi connectivity index (χ3n) is 4.35. The maximum absolute atomic E-state index is 11.4. The molecular weight excluding hydrogens is 516 g/mol. The molecule has 0 aliphatic carbocycles. The number of hydrogen-bond donors (Lipinski definition) is 4. The zero-order chi connectivity index (χ0) is 27.9. The molecular formula is C24H36CaN2O10. The number of allylic oxidation sites excluding steroid dienone is 4. The molecule has 0 heterocycles. The topological polar surface area (TPSA) is 217 Å². The van der Waals surface area contributed by atoms with Crippen molar-refractivity contribution in [3.63, 3.8) is 0 Å². The van der Waals surface area contributed by atoms with Gasteiger partial charge in [-0.15, -0.1) is 0 Å². The van der Waals surface area contributed by atoms with Crippen molar-refractivity contribution >= 4 is 73.4 Å². The van der Waals surface area contributed by atoms with Crippen molar-refractivity contribution in [2.75, 3.05) is 0 Å². The van der Waals surface area contributed by atoms with Crippen LogP contribution in [0.25, 0.3) is 0 Å². The minimum absolute atomic E-state index is 0. The number of rotatable bonds is 18. The van der Waals surface area contributed by atoms with E-state index in [4.69, 9.17) is 15.3 Å². The molecule has 0 rings (SSSR count). The SMILES string of the molecule is CC/C=C/CCC(=O)N[C@@H](CCC(=O)O)C(=O)O.CC/C=C/CCC([O-])=N[C@@H](CCC(=O)[O-])C(=O)O.[Ca+2]. The Hall–Kier alpha value is -2.44. The monoisotopic (exact) mass is 552 g/mol. The van der Waals surface area contributed by atoms with Crippen LogP contribution >= 0.6 is 0 Å². The predicted molar refractivity (Wildman–Crippen MR) is 133 cm³/mol. The van der Waals surface area contributed by atoms with Crippen molar-refractivity contribution in [3.8, 4) is 0 Å². The molecule has 0 bridgehead atoms. The summed E-state index contributed by atoms with van der Waals surface area (Å²) in [6.45, 7) is 3.94. The van der Waals surface area contributed by atoms with Crippen LogP contribution in [0.2, 0.25) is 0 Å². The molecule has 13 heteroatoms. The van der Waals surface area contributed by atoms with E-state index in [1.807, 2.05) is 38.2 Å². The van der Waals surface area contributed by atoms with Crippen LogP contribution in [0.5, 0.6) is 0 Å². The van der Waals surface area contributed by atoms with Gasteiger partial charge in [0.05, 0.1) is 0 Å². The number of carbonyl (C=O) groups is 5. The summed E-state index contributed by atoms with van der Waals surface area (Å²) in [4.78, 5) is 57.0. The van der Waals surface area contributed by atoms with Gasteiger partial charge in [0.15, 0.2) is 0 Å². The maximum atomic E-state index is 11.4. The summed E-state index contributed by atoms with van der Waals surface area (Å²) in [5, 5.41) is 49.9. The Balaban J connectivity index is -0.000000608. The molecule has 0 spiro atoms. The van der Waals surface area contributed by atoms with E-state index < -0.39 is 48.3 Å². The van der Waals surface area contributed by atoms with Gasteiger partial charge < -0.3 is 35.6 Å². The number of nitrogens with zero attached hydrogens (tertiary/aromatic N) is 1. The summed E-state index contributed by atoms with van der Waals surface area (Å²) in [7, 11) is 0. The fraction of sp³-hybridized carbons (Fsp3) is 0.583. The van der Waals surface area contributed by atoms with Gasteiger partial charge in [0.2, 0.25) is 5.91 Å². The van der Waals surface area contributed by atoms with Crippen molar-refractivity contribution in [1.29, 1.82) is 0 Å². The second-order valence-corrected chi connectivity index (χ2v) is 7.51. The number of nitrogens with one attached hydrogen (secondary N) is 1. The molecule has 37 heavy (non-hydrogen) atoms. The zero-order valence-corrected chi connectivity index (χ0v) is 23.6. The largest absolute Gasteiger partial charge is 2.00 e. The third-order valence-corrected chi connectivity index (χ3v) is 4.35. The fourth-order valence-electron chi connectivity index (χ4n) is 2.52. The first-order valence-electron chi connectivity index (χ1n) is 11.6. The van der Waals surface area contributed by atoms with Crippen molar-refractivity contribution < 1.29 is 49.5 Å². The molecule has 0 saturated carbocycles. The van der Waals surface area contributed by atoms with Gasteiger partial charge in [-0.1, -0.05) is 38.2 Å². The van der Waals surface area contributed by atoms with Gasteiger partial charge in [0, 0.05) is 18.8 Å². The van der Waals surface area contributed by atoms with Gasteiger partial charge in [-0.3, -0.25) is 14.6 Å². The van der Waals surface area contributed by atoms with Gasteiger partial charge in [0.1, 0.15) is 12.1 Å². The molecule has 12 nitrogen and oxygen atoms in total. The van der Waals surface area contributed by atoms with Crippen molar-refractivity contribution in [2.24, 2.45) is 4.99 Å². The normalized spacial score (nSPS) is 12.6. The van der Waals surface area contributed by atoms with E-state index in [0.29, 0.717) is 12.8 Å². The molecule has 2 atom stereocenters. The second kappa shape index (κ2) is 25.2. The van der Waals surface area contributed by atoms with E-state index in [-0.39, 0.29) is 75.7 Å². The van der Waals surface area contributed by atoms with Crippen LogP contribution < -0.4 is 15.5 Å². The summed E-state index contributed by atoms with van der Waals surface area (Å²) in [5.41, 5.74) is 0. The van der Waals surface area contributed by atoms with E-state index in [2.05, 4.69) is 10.3 Å². The number of aliphatic carboxylic acids is 4. The van der Waals surface area contributed by atoms with Crippen LogP contribution in [-0.4, -0.2) is 101 Å². The fourth-order valence-corrected chi connectivity index (χ4v) is 2.52. The first-order valence-corrected chi connectivity index (χ1v) is 11.6. The van der Waals surface area contributed by atoms with Crippen molar-refractivity contribution in [2.45, 2.75) is 90.1 Å². The molecule has 0 aliphatic rings. The zero-order valence-electron chi connectivity index (χ0n) is 21.4. The predicted octanol–water partition coefficient (Wildman–Crippen LogP) is 0.261. The van der Waals surface area contributed by atoms with Gasteiger partial charge in [-0.05, 0) is 57.3 Å². The molecule has 0 aromatic rings. The van der Waals surface area contributed by atoms with Gasteiger partial charge in [-0.25, -0.2) is 9.59 Å². The molecule has 0 aromatic carbocycles. The summed E-state index contributed by atoms with van der Waals surface area (Å²) in [6, 6.07) is -2.44. The van der Waals surface area contributed by atoms with Gasteiger partial charge in [-0.2, -0.15) is 0 Å². The Morgan fingerprint density at radius 2 is 1.32 bits per heavy atom. The van der Waals surface area contributed by atoms with E-state index in [9.17, 15) is 34.2 Å². The van der Waals surface area contributed by atoms with E-state index in [1.54, 1.807) is 0 Å². The molecule has 0 fully saturated rings. The average Bonchev–Trinajstić information content (AvgIpc) is 2.79. The molecule has 204 valence electrons. The Kier molecular flexibility index (Phi) is 26.6. The Morgan fingerprint density at radius 1 is 0.784 bits per heavy atom. The minimum Gasteiger partial charge on any atom is -0.862 e. The third kappa shape index (κ3) is 26.4. The van der Waals surface area contributed by atoms with Crippen LogP contribution in [0.3, 0.4) is 0 Å². The van der Waals surface area contributed by atoms with Gasteiger partial charge in [0.25, 0.3) is 0 Å². The van der Waals surface area contributed by atoms with Gasteiger partial charge >= 0.3 is 55.6 Å². The first-order chi connectivity index (χ1) is 16.9. The minimum atomic E-state index is -1.35. The van der Waals surface area contributed by atoms with E-state index in [1.165, 1.54) is 0 Å². The molecule has 0 aliphatic heterocycles. The summed E-state index contributed by atoms with van der Waals surface area (Å²) in [5.74, 6) is -5.85. The Bertz CT molecular complexity index is 796. The molecule has 4 N–H and O–H groups in total. The quantitative estimate of drug-likeness (QED) is 0.0787. The average molecular weight is 553 g/mol. The van der Waals surface area contributed by atoms with Crippen molar-refractivity contribution in [1.82, 2.24) is 5.32 Å². The standard InChI is InChI=1S/2C12H19NO5.Ca/c2*1-2-3-4-5-6-10(14)13-9(12(17)18)7-8-11(15)16;/h2*3-4,9H,2,5-8H2,1H3,(H,13,14)(H,15,16)(H,17,18);/q;;+2/p-2/b2*4-3+;/t2*9-;/m00./s1. The number of hydrogen-bond acceptors (Lipinski definition) is 8. The summed E-state index contributed by atoms with van der Waals surface area (Å²) < 4.78 is 0. The smallest absolute Gasteiger partial charge is 0.862 e. The maximum Gasteiger partial charge on any atom is 2.00 e. The molecule has 0 saturated heterocycles. The number of carboxylic acids is 4. The summed E-state index contributed by atoms with van der Waals surface area (Å²) >= 11 is 0. The van der Waals surface area contributed by atoms with Crippen LogP contribution in [0.15, 0.2) is 29.3 Å². The number of aliphatic imine (C=N–C) groups is 1. The van der Waals surface area contributed by atoms with Crippen LogP contribution in [-0.2, 0) is 24.0 Å². The molecule has 0 unspecified atom stereocenters. The first kappa shape index (κ1) is 39.1. The number of amides is 1. The van der Waals surface area contributed by atoms with Crippen molar-refractivity contribution in [3.05, 3.63) is 24.3 Å². The molecule has 1 amide bonds. The number of carboxylic acid groups (broad SMARTS) is 4. The van der Waals surface area contributed by atoms with Crippen LogP contribution in [0.4, 0.5) is 0 Å². The second-order valence-electron chi connectivity index (χ2n) is 7.51. The Morgan fingerprint density at radius 3 is 1.76 bits per heavy atom. The number of carbonyl (C=O) groups excluding carboxylic acids is 2. The Labute approximate surface area is 246 Å². The molecule has 0 radical (unpaired) electrons.